The second-order valence-corrected chi connectivity index (χ2v) is 8.50. The van der Waals surface area contributed by atoms with E-state index in [1.807, 2.05) is 24.3 Å². The van der Waals surface area contributed by atoms with Crippen molar-refractivity contribution in [1.82, 2.24) is 24.8 Å². The third-order valence-electron chi connectivity index (χ3n) is 4.72. The fourth-order valence-electron chi connectivity index (χ4n) is 3.06. The van der Waals surface area contributed by atoms with Crippen LogP contribution < -0.4 is 14.9 Å². The molecule has 1 aromatic heterocycles. The van der Waals surface area contributed by atoms with Crippen LogP contribution in [0.15, 0.2) is 47.4 Å². The van der Waals surface area contributed by atoms with E-state index in [1.54, 1.807) is 27.0 Å². The fraction of sp³-hybridized carbons (Fsp3) is 0.350. The van der Waals surface area contributed by atoms with Crippen LogP contribution in [-0.2, 0) is 21.4 Å². The highest BCUT2D eigenvalue weighted by molar-refractivity contribution is 7.89. The van der Waals surface area contributed by atoms with Crippen LogP contribution in [-0.4, -0.2) is 60.6 Å². The second kappa shape index (κ2) is 9.75. The number of hydrogen-bond donors (Lipinski definition) is 1. The first-order chi connectivity index (χ1) is 14.9. The lowest BCUT2D eigenvalue weighted by atomic mass is 10.2. The molecule has 0 saturated carbocycles. The van der Waals surface area contributed by atoms with Gasteiger partial charge in [0, 0.05) is 25.2 Å². The van der Waals surface area contributed by atoms with Gasteiger partial charge >= 0.3 is 0 Å². The quantitative estimate of drug-likeness (QED) is 0.497. The maximum Gasteiger partial charge on any atom is 0.261 e. The van der Waals surface area contributed by atoms with E-state index in [4.69, 9.17) is 9.57 Å². The summed E-state index contributed by atoms with van der Waals surface area (Å²) in [4.78, 5) is 18.8. The Bertz CT molecular complexity index is 1160. The summed E-state index contributed by atoms with van der Waals surface area (Å²) in [5, 5.41) is 10.6. The molecule has 0 spiro atoms. The third-order valence-corrected chi connectivity index (χ3v) is 6.76. The van der Waals surface area contributed by atoms with Crippen molar-refractivity contribution in [3.63, 3.8) is 0 Å². The summed E-state index contributed by atoms with van der Waals surface area (Å²) < 4.78 is 32.2. The van der Waals surface area contributed by atoms with Crippen molar-refractivity contribution in [3.05, 3.63) is 48.0 Å². The molecule has 0 atom stereocenters. The maximum absolute atomic E-state index is 12.8. The number of nitrogens with one attached hydrogen (secondary N) is 1. The molecule has 0 saturated heterocycles. The number of rotatable bonds is 10. The fourth-order valence-corrected chi connectivity index (χ4v) is 4.54. The summed E-state index contributed by atoms with van der Waals surface area (Å²) in [5.41, 5.74) is 1.63. The van der Waals surface area contributed by atoms with Gasteiger partial charge in [0.1, 0.15) is 16.8 Å². The topological polar surface area (TPSA) is 116 Å². The minimum absolute atomic E-state index is 0.108. The molecule has 0 aliphatic carbocycles. The SMILES string of the molecule is CCN(CC)S(=O)(=O)c1ccc2nnn(OCC(=O)NCc3ccccc3OC)c2c1. The van der Waals surface area contributed by atoms with Gasteiger partial charge in [-0.3, -0.25) is 4.79 Å². The summed E-state index contributed by atoms with van der Waals surface area (Å²) >= 11 is 0. The van der Waals surface area contributed by atoms with Crippen LogP contribution in [0.2, 0.25) is 0 Å². The molecule has 2 aromatic carbocycles. The largest absolute Gasteiger partial charge is 0.496 e. The van der Waals surface area contributed by atoms with Crippen molar-refractivity contribution >= 4 is 27.0 Å². The number of aromatic nitrogens is 3. The molecule has 0 unspecified atom stereocenters. The molecule has 11 heteroatoms. The molecule has 1 heterocycles. The molecule has 0 aliphatic heterocycles. The van der Waals surface area contributed by atoms with Gasteiger partial charge in [0.25, 0.3) is 5.91 Å². The zero-order valence-electron chi connectivity index (χ0n) is 17.6. The molecule has 3 aromatic rings. The van der Waals surface area contributed by atoms with Crippen LogP contribution >= 0.6 is 0 Å². The molecule has 166 valence electrons. The van der Waals surface area contributed by atoms with E-state index in [9.17, 15) is 13.2 Å². The standard InChI is InChI=1S/C20H25N5O5S/c1-4-24(5-2)31(27,28)16-10-11-17-18(12-16)25(23-22-17)30-14-20(26)21-13-15-8-6-7-9-19(15)29-3/h6-12H,4-5,13-14H2,1-3H3,(H,21,26). The molecule has 0 bridgehead atoms. The number of hydrogen-bond acceptors (Lipinski definition) is 7. The van der Waals surface area contributed by atoms with E-state index in [1.165, 1.54) is 16.4 Å². The van der Waals surface area contributed by atoms with Crippen molar-refractivity contribution in [3.8, 4) is 5.75 Å². The molecule has 0 aliphatic rings. The molecule has 1 N–H and O–H groups in total. The van der Waals surface area contributed by atoms with Gasteiger partial charge in [-0.25, -0.2) is 8.42 Å². The summed E-state index contributed by atoms with van der Waals surface area (Å²) in [5.74, 6) is 0.300. The highest BCUT2D eigenvalue weighted by Gasteiger charge is 2.23. The van der Waals surface area contributed by atoms with E-state index >= 15 is 0 Å². The summed E-state index contributed by atoms with van der Waals surface area (Å²) in [6, 6.07) is 11.8. The predicted molar refractivity (Wildman–Crippen MR) is 114 cm³/mol. The minimum atomic E-state index is -3.65. The Morgan fingerprint density at radius 2 is 1.90 bits per heavy atom. The number of carbonyl (C=O) groups is 1. The second-order valence-electron chi connectivity index (χ2n) is 6.56. The molecule has 31 heavy (non-hydrogen) atoms. The van der Waals surface area contributed by atoms with E-state index in [0.29, 0.717) is 29.9 Å². The number of carbonyl (C=O) groups excluding carboxylic acids is 1. The van der Waals surface area contributed by atoms with Crippen LogP contribution in [0.3, 0.4) is 0 Å². The molecule has 0 radical (unpaired) electrons. The normalized spacial score (nSPS) is 11.6. The average molecular weight is 448 g/mol. The lowest BCUT2D eigenvalue weighted by Crippen LogP contribution is -2.32. The van der Waals surface area contributed by atoms with Gasteiger partial charge in [-0.15, -0.1) is 5.10 Å². The van der Waals surface area contributed by atoms with Crippen LogP contribution in [0.1, 0.15) is 19.4 Å². The number of sulfonamides is 1. The van der Waals surface area contributed by atoms with E-state index < -0.39 is 10.0 Å². The molecule has 3 rings (SSSR count). The van der Waals surface area contributed by atoms with Crippen LogP contribution in [0, 0.1) is 0 Å². The number of methoxy groups -OCH3 is 1. The van der Waals surface area contributed by atoms with Crippen LogP contribution in [0.5, 0.6) is 5.75 Å². The lowest BCUT2D eigenvalue weighted by molar-refractivity contribution is -0.126. The Labute approximate surface area is 180 Å². The van der Waals surface area contributed by atoms with Gasteiger partial charge in [-0.2, -0.15) is 4.31 Å². The summed E-state index contributed by atoms with van der Waals surface area (Å²) in [7, 11) is -2.08. The smallest absolute Gasteiger partial charge is 0.261 e. The monoisotopic (exact) mass is 447 g/mol. The molecule has 1 amide bonds. The van der Waals surface area contributed by atoms with Gasteiger partial charge in [0.05, 0.1) is 12.0 Å². The molecular formula is C20H25N5O5S. The number of para-hydroxylation sites is 1. The van der Waals surface area contributed by atoms with Gasteiger partial charge in [-0.1, -0.05) is 36.9 Å². The van der Waals surface area contributed by atoms with Crippen molar-refractivity contribution in [1.29, 1.82) is 0 Å². The molecular weight excluding hydrogens is 422 g/mol. The van der Waals surface area contributed by atoms with Gasteiger partial charge in [0.15, 0.2) is 6.61 Å². The first kappa shape index (κ1) is 22.5. The summed E-state index contributed by atoms with van der Waals surface area (Å²) in [6.45, 7) is 4.22. The zero-order valence-corrected chi connectivity index (χ0v) is 18.4. The highest BCUT2D eigenvalue weighted by Crippen LogP contribution is 2.20. The average Bonchev–Trinajstić information content (AvgIpc) is 3.19. The van der Waals surface area contributed by atoms with E-state index in [0.717, 1.165) is 10.4 Å². The number of ether oxygens (including phenoxy) is 1. The van der Waals surface area contributed by atoms with Gasteiger partial charge in [0.2, 0.25) is 10.0 Å². The first-order valence-electron chi connectivity index (χ1n) is 9.78. The van der Waals surface area contributed by atoms with Gasteiger partial charge < -0.3 is 14.9 Å². The number of benzene rings is 2. The Morgan fingerprint density at radius 1 is 1.16 bits per heavy atom. The van der Waals surface area contributed by atoms with Crippen molar-refractivity contribution in [2.24, 2.45) is 0 Å². The Balaban J connectivity index is 1.70. The maximum atomic E-state index is 12.8. The number of amides is 1. The van der Waals surface area contributed by atoms with Crippen LogP contribution in [0.25, 0.3) is 11.0 Å². The number of fused-ring (bicyclic) bond motifs is 1. The first-order valence-corrected chi connectivity index (χ1v) is 11.2. The van der Waals surface area contributed by atoms with Crippen molar-refractivity contribution in [2.45, 2.75) is 25.3 Å². The third kappa shape index (κ3) is 4.94. The molecule has 10 nitrogen and oxygen atoms in total. The Kier molecular flexibility index (Phi) is 7.08. The van der Waals surface area contributed by atoms with Gasteiger partial charge in [-0.05, 0) is 29.5 Å². The van der Waals surface area contributed by atoms with E-state index in [2.05, 4.69) is 15.6 Å². The van der Waals surface area contributed by atoms with Crippen molar-refractivity contribution in [2.75, 3.05) is 26.8 Å². The molecule has 0 fully saturated rings. The Hall–Kier alpha value is -3.18. The summed E-state index contributed by atoms with van der Waals surface area (Å²) in [6.07, 6.45) is 0. The minimum Gasteiger partial charge on any atom is -0.496 e. The lowest BCUT2D eigenvalue weighted by Gasteiger charge is -2.18. The highest BCUT2D eigenvalue weighted by atomic mass is 32.2. The Morgan fingerprint density at radius 3 is 2.61 bits per heavy atom. The predicted octanol–water partition coefficient (Wildman–Crippen LogP) is 1.22. The number of nitrogens with zero attached hydrogens (tertiary/aromatic N) is 4. The van der Waals surface area contributed by atoms with E-state index in [-0.39, 0.29) is 24.0 Å². The van der Waals surface area contributed by atoms with Crippen LogP contribution in [0.4, 0.5) is 0 Å². The van der Waals surface area contributed by atoms with Crippen molar-refractivity contribution < 1.29 is 22.8 Å². The zero-order chi connectivity index (χ0) is 22.4.